The molecule has 17 heavy (non-hydrogen) atoms. The maximum absolute atomic E-state index is 3.76. The molecule has 0 saturated heterocycles. The van der Waals surface area contributed by atoms with Gasteiger partial charge in [-0.25, -0.2) is 0 Å². The fourth-order valence-corrected chi connectivity index (χ4v) is 2.96. The van der Waals surface area contributed by atoms with E-state index in [-0.39, 0.29) is 0 Å². The molecule has 1 aromatic rings. The lowest BCUT2D eigenvalue weighted by Gasteiger charge is -2.21. The number of unbranched alkanes of at least 4 members (excludes halogenated alkanes) is 1. The van der Waals surface area contributed by atoms with Crippen molar-refractivity contribution in [1.82, 2.24) is 5.32 Å². The first-order chi connectivity index (χ1) is 8.40. The predicted octanol–water partition coefficient (Wildman–Crippen LogP) is 4.14. The summed E-state index contributed by atoms with van der Waals surface area (Å²) in [5.74, 6) is 0.929. The molecule has 1 nitrogen and oxygen atoms in total. The lowest BCUT2D eigenvalue weighted by atomic mass is 9.96. The van der Waals surface area contributed by atoms with Gasteiger partial charge in [0.2, 0.25) is 0 Å². The van der Waals surface area contributed by atoms with Crippen molar-refractivity contribution in [3.8, 4) is 0 Å². The summed E-state index contributed by atoms with van der Waals surface area (Å²) in [7, 11) is 0. The molecule has 1 heteroatoms. The number of nitrogens with one attached hydrogen (secondary N) is 1. The van der Waals surface area contributed by atoms with E-state index < -0.39 is 0 Å². The van der Waals surface area contributed by atoms with Gasteiger partial charge in [0.05, 0.1) is 0 Å². The van der Waals surface area contributed by atoms with Crippen molar-refractivity contribution in [2.24, 2.45) is 5.92 Å². The van der Waals surface area contributed by atoms with E-state index in [1.807, 2.05) is 0 Å². The molecule has 0 amide bonds. The molecule has 2 unspecified atom stereocenters. The molecule has 0 heterocycles. The van der Waals surface area contributed by atoms with Crippen LogP contribution < -0.4 is 5.32 Å². The Bertz CT molecular complexity index is 307. The number of hydrogen-bond donors (Lipinski definition) is 1. The molecule has 1 aromatic carbocycles. The number of hydrogen-bond acceptors (Lipinski definition) is 1. The van der Waals surface area contributed by atoms with E-state index in [1.54, 1.807) is 0 Å². The quantitative estimate of drug-likeness (QED) is 0.776. The smallest absolute Gasteiger partial charge is 0.0208 e. The van der Waals surface area contributed by atoms with Crippen LogP contribution in [0.5, 0.6) is 0 Å². The Balaban J connectivity index is 1.78. The van der Waals surface area contributed by atoms with Gasteiger partial charge in [-0.05, 0) is 30.7 Å². The first-order valence-corrected chi connectivity index (χ1v) is 7.17. The van der Waals surface area contributed by atoms with Crippen LogP contribution in [-0.2, 0) is 6.54 Å². The second-order valence-corrected chi connectivity index (χ2v) is 5.31. The number of rotatable bonds is 6. The summed E-state index contributed by atoms with van der Waals surface area (Å²) in [6.07, 6.45) is 8.38. The monoisotopic (exact) mass is 231 g/mol. The fourth-order valence-electron chi connectivity index (χ4n) is 2.96. The molecule has 1 fully saturated rings. The van der Waals surface area contributed by atoms with Gasteiger partial charge in [-0.1, -0.05) is 56.5 Å². The summed E-state index contributed by atoms with van der Waals surface area (Å²) < 4.78 is 0. The summed E-state index contributed by atoms with van der Waals surface area (Å²) in [6.45, 7) is 3.33. The van der Waals surface area contributed by atoms with Crippen molar-refractivity contribution in [2.45, 2.75) is 58.0 Å². The highest BCUT2D eigenvalue weighted by Crippen LogP contribution is 2.30. The second kappa shape index (κ2) is 6.80. The molecule has 1 saturated carbocycles. The first kappa shape index (κ1) is 12.6. The van der Waals surface area contributed by atoms with Crippen LogP contribution in [0.4, 0.5) is 0 Å². The standard InChI is InChI=1S/C16H25N/c1-2-3-10-15-11-7-12-16(15)17-13-14-8-5-4-6-9-14/h4-6,8-9,15-17H,2-3,7,10-13H2,1H3. The maximum atomic E-state index is 3.76. The summed E-state index contributed by atoms with van der Waals surface area (Å²) in [5, 5.41) is 3.76. The van der Waals surface area contributed by atoms with Crippen LogP contribution in [0, 0.1) is 5.92 Å². The van der Waals surface area contributed by atoms with Crippen LogP contribution in [0.1, 0.15) is 51.0 Å². The molecule has 0 spiro atoms. The zero-order valence-electron chi connectivity index (χ0n) is 11.0. The summed E-state index contributed by atoms with van der Waals surface area (Å²) in [5.41, 5.74) is 1.41. The normalized spacial score (nSPS) is 24.1. The Kier molecular flexibility index (Phi) is 5.06. The zero-order chi connectivity index (χ0) is 11.9. The second-order valence-electron chi connectivity index (χ2n) is 5.31. The molecule has 0 aliphatic heterocycles. The minimum Gasteiger partial charge on any atom is -0.310 e. The molecular weight excluding hydrogens is 206 g/mol. The molecule has 1 N–H and O–H groups in total. The van der Waals surface area contributed by atoms with E-state index in [9.17, 15) is 0 Å². The summed E-state index contributed by atoms with van der Waals surface area (Å²) >= 11 is 0. The van der Waals surface area contributed by atoms with E-state index in [1.165, 1.54) is 44.1 Å². The molecule has 0 bridgehead atoms. The Hall–Kier alpha value is -0.820. The minimum absolute atomic E-state index is 0.766. The molecule has 1 aliphatic rings. The van der Waals surface area contributed by atoms with Gasteiger partial charge in [-0.2, -0.15) is 0 Å². The van der Waals surface area contributed by atoms with Crippen molar-refractivity contribution >= 4 is 0 Å². The van der Waals surface area contributed by atoms with E-state index in [0.717, 1.165) is 18.5 Å². The highest BCUT2D eigenvalue weighted by Gasteiger charge is 2.25. The Morgan fingerprint density at radius 3 is 2.76 bits per heavy atom. The van der Waals surface area contributed by atoms with Gasteiger partial charge >= 0.3 is 0 Å². The third-order valence-electron chi connectivity index (χ3n) is 4.00. The van der Waals surface area contributed by atoms with Gasteiger partial charge in [-0.3, -0.25) is 0 Å². The Morgan fingerprint density at radius 2 is 2.00 bits per heavy atom. The zero-order valence-corrected chi connectivity index (χ0v) is 11.0. The molecule has 1 aliphatic carbocycles. The van der Waals surface area contributed by atoms with Crippen molar-refractivity contribution < 1.29 is 0 Å². The van der Waals surface area contributed by atoms with Crippen LogP contribution in [0.25, 0.3) is 0 Å². The predicted molar refractivity (Wildman–Crippen MR) is 73.9 cm³/mol. The average molecular weight is 231 g/mol. The van der Waals surface area contributed by atoms with E-state index in [2.05, 4.69) is 42.6 Å². The van der Waals surface area contributed by atoms with Gasteiger partial charge in [-0.15, -0.1) is 0 Å². The summed E-state index contributed by atoms with van der Waals surface area (Å²) in [6, 6.07) is 11.5. The highest BCUT2D eigenvalue weighted by molar-refractivity contribution is 5.14. The molecule has 0 radical (unpaired) electrons. The van der Waals surface area contributed by atoms with E-state index in [0.29, 0.717) is 0 Å². The van der Waals surface area contributed by atoms with Gasteiger partial charge in [0.1, 0.15) is 0 Å². The van der Waals surface area contributed by atoms with Crippen molar-refractivity contribution in [3.63, 3.8) is 0 Å². The van der Waals surface area contributed by atoms with Crippen LogP contribution in [0.15, 0.2) is 30.3 Å². The summed E-state index contributed by atoms with van der Waals surface area (Å²) in [4.78, 5) is 0. The van der Waals surface area contributed by atoms with Gasteiger partial charge in [0.25, 0.3) is 0 Å². The third kappa shape index (κ3) is 3.85. The molecular formula is C16H25N. The van der Waals surface area contributed by atoms with Crippen LogP contribution in [0.3, 0.4) is 0 Å². The SMILES string of the molecule is CCCCC1CCCC1NCc1ccccc1. The molecule has 2 atom stereocenters. The minimum atomic E-state index is 0.766. The first-order valence-electron chi connectivity index (χ1n) is 7.17. The highest BCUT2D eigenvalue weighted by atomic mass is 14.9. The fraction of sp³-hybridized carbons (Fsp3) is 0.625. The molecule has 0 aromatic heterocycles. The maximum Gasteiger partial charge on any atom is 0.0208 e. The van der Waals surface area contributed by atoms with Crippen molar-refractivity contribution in [2.75, 3.05) is 0 Å². The van der Waals surface area contributed by atoms with Crippen molar-refractivity contribution in [3.05, 3.63) is 35.9 Å². The third-order valence-corrected chi connectivity index (χ3v) is 4.00. The van der Waals surface area contributed by atoms with Gasteiger partial charge < -0.3 is 5.32 Å². The Labute approximate surface area is 106 Å². The van der Waals surface area contributed by atoms with Crippen LogP contribution in [0.2, 0.25) is 0 Å². The Morgan fingerprint density at radius 1 is 1.18 bits per heavy atom. The molecule has 94 valence electrons. The number of benzene rings is 1. The largest absolute Gasteiger partial charge is 0.310 e. The van der Waals surface area contributed by atoms with E-state index in [4.69, 9.17) is 0 Å². The van der Waals surface area contributed by atoms with E-state index >= 15 is 0 Å². The van der Waals surface area contributed by atoms with Gasteiger partial charge in [0, 0.05) is 12.6 Å². The van der Waals surface area contributed by atoms with Gasteiger partial charge in [0.15, 0.2) is 0 Å². The lowest BCUT2D eigenvalue weighted by Crippen LogP contribution is -2.31. The van der Waals surface area contributed by atoms with Crippen molar-refractivity contribution in [1.29, 1.82) is 0 Å². The van der Waals surface area contributed by atoms with Crippen LogP contribution >= 0.6 is 0 Å². The topological polar surface area (TPSA) is 12.0 Å². The average Bonchev–Trinajstić information content (AvgIpc) is 2.82. The van der Waals surface area contributed by atoms with Crippen LogP contribution in [-0.4, -0.2) is 6.04 Å². The lowest BCUT2D eigenvalue weighted by molar-refractivity contribution is 0.368. The molecule has 2 rings (SSSR count).